The molecule has 0 unspecified atom stereocenters. The Hall–Kier alpha value is -1.10. The minimum Gasteiger partial charge on any atom is -0.369 e. The molecule has 0 aromatic rings. The van der Waals surface area contributed by atoms with E-state index in [-0.39, 0.29) is 5.92 Å². The molecule has 12 heavy (non-hydrogen) atoms. The summed E-state index contributed by atoms with van der Waals surface area (Å²) in [5.74, 6) is -2.21. The Bertz CT molecular complexity index is 179. The first-order chi connectivity index (χ1) is 5.49. The number of nitrogens with one attached hydrogen (secondary N) is 1. The fourth-order valence-electron chi connectivity index (χ4n) is 0.902. The van der Waals surface area contributed by atoms with Crippen LogP contribution in [0.25, 0.3) is 0 Å². The van der Waals surface area contributed by atoms with Crippen LogP contribution in [0.4, 0.5) is 0 Å². The Morgan fingerprint density at radius 1 is 1.50 bits per heavy atom. The molecular weight excluding hydrogens is 160 g/mol. The minimum atomic E-state index is -0.935. The molecule has 0 heterocycles. The van der Waals surface area contributed by atoms with E-state index >= 15 is 0 Å². The third kappa shape index (κ3) is 3.34. The Labute approximate surface area is 70.9 Å². The highest BCUT2D eigenvalue weighted by Crippen LogP contribution is 2.10. The third-order valence-electron chi connectivity index (χ3n) is 1.48. The number of carbonyl (C=O) groups excluding carboxylic acids is 2. The first-order valence-electron chi connectivity index (χ1n) is 3.72. The zero-order chi connectivity index (χ0) is 9.72. The maximum absolute atomic E-state index is 10.8. The van der Waals surface area contributed by atoms with Crippen molar-refractivity contribution in [2.75, 3.05) is 0 Å². The molecule has 2 amide bonds. The van der Waals surface area contributed by atoms with Gasteiger partial charge in [0, 0.05) is 0 Å². The summed E-state index contributed by atoms with van der Waals surface area (Å²) in [6.45, 7) is 3.72. The second-order valence-electron chi connectivity index (χ2n) is 3.06. The molecule has 0 saturated heterocycles. The van der Waals surface area contributed by atoms with Gasteiger partial charge in [0.1, 0.15) is 5.92 Å². The average molecular weight is 174 g/mol. The van der Waals surface area contributed by atoms with E-state index < -0.39 is 17.7 Å². The molecule has 0 aliphatic carbocycles. The zero-order valence-electron chi connectivity index (χ0n) is 7.20. The van der Waals surface area contributed by atoms with Gasteiger partial charge in [-0.25, -0.2) is 5.48 Å². The van der Waals surface area contributed by atoms with E-state index in [1.54, 1.807) is 0 Å². The quantitative estimate of drug-likeness (QED) is 0.308. The van der Waals surface area contributed by atoms with Crippen LogP contribution in [0.15, 0.2) is 0 Å². The molecule has 0 saturated carbocycles. The van der Waals surface area contributed by atoms with Crippen molar-refractivity contribution in [1.82, 2.24) is 5.48 Å². The number of rotatable bonds is 4. The summed E-state index contributed by atoms with van der Waals surface area (Å²) in [4.78, 5) is 21.5. The zero-order valence-corrected chi connectivity index (χ0v) is 7.20. The monoisotopic (exact) mass is 174 g/mol. The standard InChI is InChI=1S/C7H14N2O3/c1-4(2)3-5(6(8)10)7(11)9-12/h4-5,12H,3H2,1-2H3,(H2,8,10)(H,9,11)/t5-/m0/s1. The van der Waals surface area contributed by atoms with Gasteiger partial charge >= 0.3 is 0 Å². The van der Waals surface area contributed by atoms with Crippen molar-refractivity contribution in [3.8, 4) is 0 Å². The summed E-state index contributed by atoms with van der Waals surface area (Å²) in [5, 5.41) is 8.26. The van der Waals surface area contributed by atoms with E-state index in [2.05, 4.69) is 0 Å². The molecule has 0 radical (unpaired) electrons. The van der Waals surface area contributed by atoms with Crippen LogP contribution < -0.4 is 11.2 Å². The lowest BCUT2D eigenvalue weighted by atomic mass is 9.96. The smallest absolute Gasteiger partial charge is 0.255 e. The highest BCUT2D eigenvalue weighted by atomic mass is 16.5. The molecule has 70 valence electrons. The van der Waals surface area contributed by atoms with E-state index in [0.717, 1.165) is 0 Å². The van der Waals surface area contributed by atoms with Crippen LogP contribution in [0.3, 0.4) is 0 Å². The third-order valence-corrected chi connectivity index (χ3v) is 1.48. The SMILES string of the molecule is CC(C)C[C@@H](C(N)=O)C(=O)NO. The molecule has 0 aromatic carbocycles. The predicted octanol–water partition coefficient (Wildman–Crippen LogP) is -0.361. The lowest BCUT2D eigenvalue weighted by Crippen LogP contribution is -2.38. The summed E-state index contributed by atoms with van der Waals surface area (Å²) in [6.07, 6.45) is 0.349. The van der Waals surface area contributed by atoms with Crippen molar-refractivity contribution in [3.63, 3.8) is 0 Å². The molecule has 0 spiro atoms. The van der Waals surface area contributed by atoms with Gasteiger partial charge in [0.25, 0.3) is 5.91 Å². The lowest BCUT2D eigenvalue weighted by Gasteiger charge is -2.12. The second-order valence-corrected chi connectivity index (χ2v) is 3.06. The molecule has 0 aliphatic heterocycles. The molecule has 0 aromatic heterocycles. The number of carbonyl (C=O) groups is 2. The van der Waals surface area contributed by atoms with Crippen molar-refractivity contribution in [1.29, 1.82) is 0 Å². The number of primary amides is 1. The average Bonchev–Trinajstić information content (AvgIpc) is 1.98. The van der Waals surface area contributed by atoms with Crippen LogP contribution in [0.1, 0.15) is 20.3 Å². The highest BCUT2D eigenvalue weighted by molar-refractivity contribution is 5.99. The van der Waals surface area contributed by atoms with Gasteiger partial charge in [-0.1, -0.05) is 13.8 Å². The molecule has 0 rings (SSSR count). The van der Waals surface area contributed by atoms with E-state index in [0.29, 0.717) is 6.42 Å². The first kappa shape index (κ1) is 10.9. The molecule has 4 N–H and O–H groups in total. The van der Waals surface area contributed by atoms with Crippen LogP contribution in [0.5, 0.6) is 0 Å². The molecule has 0 aliphatic rings. The summed E-state index contributed by atoms with van der Waals surface area (Å²) in [6, 6.07) is 0. The van der Waals surface area contributed by atoms with E-state index in [1.807, 2.05) is 13.8 Å². The normalized spacial score (nSPS) is 12.7. The molecule has 5 heteroatoms. The minimum absolute atomic E-state index is 0.180. The lowest BCUT2D eigenvalue weighted by molar-refractivity contribution is -0.140. The molecule has 0 fully saturated rings. The molecular formula is C7H14N2O3. The first-order valence-corrected chi connectivity index (χ1v) is 3.72. The van der Waals surface area contributed by atoms with E-state index in [9.17, 15) is 9.59 Å². The van der Waals surface area contributed by atoms with Gasteiger partial charge in [0.15, 0.2) is 0 Å². The van der Waals surface area contributed by atoms with Gasteiger partial charge in [-0.05, 0) is 12.3 Å². The van der Waals surface area contributed by atoms with Crippen LogP contribution in [-0.4, -0.2) is 17.0 Å². The van der Waals surface area contributed by atoms with Gasteiger partial charge in [0.05, 0.1) is 0 Å². The molecule has 5 nitrogen and oxygen atoms in total. The fraction of sp³-hybridized carbons (Fsp3) is 0.714. The summed E-state index contributed by atoms with van der Waals surface area (Å²) in [5.41, 5.74) is 6.36. The maximum atomic E-state index is 10.8. The van der Waals surface area contributed by atoms with Gasteiger partial charge in [0.2, 0.25) is 5.91 Å². The summed E-state index contributed by atoms with van der Waals surface area (Å²) in [7, 11) is 0. The Morgan fingerprint density at radius 2 is 2.00 bits per heavy atom. The van der Waals surface area contributed by atoms with E-state index in [4.69, 9.17) is 10.9 Å². The van der Waals surface area contributed by atoms with Crippen molar-refractivity contribution < 1.29 is 14.8 Å². The van der Waals surface area contributed by atoms with Crippen molar-refractivity contribution >= 4 is 11.8 Å². The van der Waals surface area contributed by atoms with Crippen molar-refractivity contribution in [2.24, 2.45) is 17.6 Å². The summed E-state index contributed by atoms with van der Waals surface area (Å²) >= 11 is 0. The van der Waals surface area contributed by atoms with Crippen molar-refractivity contribution in [2.45, 2.75) is 20.3 Å². The number of amides is 2. The number of hydroxylamine groups is 1. The van der Waals surface area contributed by atoms with Crippen molar-refractivity contribution in [3.05, 3.63) is 0 Å². The second kappa shape index (κ2) is 4.71. The number of nitrogens with two attached hydrogens (primary N) is 1. The predicted molar refractivity (Wildman–Crippen MR) is 42.1 cm³/mol. The summed E-state index contributed by atoms with van der Waals surface area (Å²) < 4.78 is 0. The Balaban J connectivity index is 4.23. The molecule has 0 bridgehead atoms. The number of hydrogen-bond acceptors (Lipinski definition) is 3. The number of hydrogen-bond donors (Lipinski definition) is 3. The van der Waals surface area contributed by atoms with Crippen LogP contribution in [0.2, 0.25) is 0 Å². The van der Waals surface area contributed by atoms with E-state index in [1.165, 1.54) is 5.48 Å². The maximum Gasteiger partial charge on any atom is 0.255 e. The van der Waals surface area contributed by atoms with Gasteiger partial charge in [-0.3, -0.25) is 14.8 Å². The van der Waals surface area contributed by atoms with Gasteiger partial charge < -0.3 is 5.73 Å². The fourth-order valence-corrected chi connectivity index (χ4v) is 0.902. The van der Waals surface area contributed by atoms with Crippen LogP contribution in [0, 0.1) is 11.8 Å². The topological polar surface area (TPSA) is 92.4 Å². The Morgan fingerprint density at radius 3 is 2.25 bits per heavy atom. The Kier molecular flexibility index (Phi) is 4.28. The largest absolute Gasteiger partial charge is 0.369 e. The molecule has 1 atom stereocenters. The highest BCUT2D eigenvalue weighted by Gasteiger charge is 2.24. The van der Waals surface area contributed by atoms with Gasteiger partial charge in [-0.15, -0.1) is 0 Å². The van der Waals surface area contributed by atoms with Crippen LogP contribution in [-0.2, 0) is 9.59 Å². The van der Waals surface area contributed by atoms with Crippen LogP contribution >= 0.6 is 0 Å². The van der Waals surface area contributed by atoms with Gasteiger partial charge in [-0.2, -0.15) is 0 Å².